The number of hydrogen-bond acceptors (Lipinski definition) is 4. The Labute approximate surface area is 124 Å². The standard InChI is InChI=1S/C15H20N2O4/c1-11-9-17(7-8-20-11)15(19)10-21-14-6-4-3-5-13(14)16-12(2)18/h3-6,11H,7-10H2,1-2H3,(H,16,18)/t11-/m0/s1. The third kappa shape index (κ3) is 4.46. The maximum absolute atomic E-state index is 12.1. The average molecular weight is 292 g/mol. The number of amides is 2. The van der Waals surface area contributed by atoms with Gasteiger partial charge in [-0.1, -0.05) is 12.1 Å². The van der Waals surface area contributed by atoms with Crippen LogP contribution in [0.1, 0.15) is 13.8 Å². The van der Waals surface area contributed by atoms with Crippen LogP contribution in [-0.2, 0) is 14.3 Å². The highest BCUT2D eigenvalue weighted by Crippen LogP contribution is 2.23. The van der Waals surface area contributed by atoms with Crippen molar-refractivity contribution in [3.8, 4) is 5.75 Å². The molecule has 1 N–H and O–H groups in total. The van der Waals surface area contributed by atoms with Crippen molar-refractivity contribution < 1.29 is 19.1 Å². The summed E-state index contributed by atoms with van der Waals surface area (Å²) in [4.78, 5) is 25.0. The summed E-state index contributed by atoms with van der Waals surface area (Å²) < 4.78 is 10.9. The first kappa shape index (κ1) is 15.3. The smallest absolute Gasteiger partial charge is 0.260 e. The molecule has 0 spiro atoms. The zero-order valence-electron chi connectivity index (χ0n) is 12.3. The van der Waals surface area contributed by atoms with Crippen LogP contribution in [0.2, 0.25) is 0 Å². The van der Waals surface area contributed by atoms with Gasteiger partial charge in [0.05, 0.1) is 18.4 Å². The van der Waals surface area contributed by atoms with Crippen molar-refractivity contribution in [3.05, 3.63) is 24.3 Å². The van der Waals surface area contributed by atoms with E-state index in [4.69, 9.17) is 9.47 Å². The van der Waals surface area contributed by atoms with E-state index in [9.17, 15) is 9.59 Å². The fourth-order valence-corrected chi connectivity index (χ4v) is 2.16. The predicted molar refractivity (Wildman–Crippen MR) is 78.2 cm³/mol. The van der Waals surface area contributed by atoms with Crippen LogP contribution < -0.4 is 10.1 Å². The van der Waals surface area contributed by atoms with Crippen molar-refractivity contribution in [2.45, 2.75) is 20.0 Å². The van der Waals surface area contributed by atoms with Gasteiger partial charge >= 0.3 is 0 Å². The number of hydrogen-bond donors (Lipinski definition) is 1. The van der Waals surface area contributed by atoms with Gasteiger partial charge in [0, 0.05) is 20.0 Å². The minimum Gasteiger partial charge on any atom is -0.482 e. The number of carbonyl (C=O) groups excluding carboxylic acids is 2. The van der Waals surface area contributed by atoms with Crippen LogP contribution in [0.5, 0.6) is 5.75 Å². The minimum atomic E-state index is -0.181. The number of nitrogens with one attached hydrogen (secondary N) is 1. The molecule has 2 rings (SSSR count). The van der Waals surface area contributed by atoms with Crippen LogP contribution in [0.15, 0.2) is 24.3 Å². The number of rotatable bonds is 4. The molecule has 1 saturated heterocycles. The van der Waals surface area contributed by atoms with Gasteiger partial charge in [0.2, 0.25) is 5.91 Å². The zero-order valence-corrected chi connectivity index (χ0v) is 12.3. The third-order valence-electron chi connectivity index (χ3n) is 3.14. The lowest BCUT2D eigenvalue weighted by Crippen LogP contribution is -2.46. The second kappa shape index (κ2) is 7.08. The number of ether oxygens (including phenoxy) is 2. The van der Waals surface area contributed by atoms with Crippen molar-refractivity contribution in [2.75, 3.05) is 31.6 Å². The van der Waals surface area contributed by atoms with E-state index in [1.165, 1.54) is 6.92 Å². The first-order valence-electron chi connectivity index (χ1n) is 6.95. The molecule has 1 fully saturated rings. The molecule has 1 aromatic carbocycles. The second-order valence-electron chi connectivity index (χ2n) is 4.99. The normalized spacial score (nSPS) is 18.2. The molecule has 1 atom stereocenters. The number of anilines is 1. The topological polar surface area (TPSA) is 67.9 Å². The predicted octanol–water partition coefficient (Wildman–Crippen LogP) is 1.27. The van der Waals surface area contributed by atoms with E-state index < -0.39 is 0 Å². The molecule has 6 nitrogen and oxygen atoms in total. The van der Waals surface area contributed by atoms with Gasteiger partial charge < -0.3 is 19.7 Å². The first-order valence-corrected chi connectivity index (χ1v) is 6.95. The lowest BCUT2D eigenvalue weighted by molar-refractivity contribution is -0.140. The number of morpholine rings is 1. The van der Waals surface area contributed by atoms with Gasteiger partial charge in [-0.05, 0) is 19.1 Å². The van der Waals surface area contributed by atoms with Gasteiger partial charge in [-0.15, -0.1) is 0 Å². The Morgan fingerprint density at radius 2 is 2.19 bits per heavy atom. The molecule has 0 unspecified atom stereocenters. The maximum Gasteiger partial charge on any atom is 0.260 e. The van der Waals surface area contributed by atoms with E-state index >= 15 is 0 Å². The molecule has 6 heteroatoms. The van der Waals surface area contributed by atoms with Crippen LogP contribution >= 0.6 is 0 Å². The summed E-state index contributed by atoms with van der Waals surface area (Å²) in [7, 11) is 0. The number of benzene rings is 1. The third-order valence-corrected chi connectivity index (χ3v) is 3.14. The Kier molecular flexibility index (Phi) is 5.16. The molecule has 1 aliphatic rings. The Morgan fingerprint density at radius 3 is 2.90 bits per heavy atom. The van der Waals surface area contributed by atoms with Crippen molar-refractivity contribution in [3.63, 3.8) is 0 Å². The molecule has 21 heavy (non-hydrogen) atoms. The van der Waals surface area contributed by atoms with Crippen LogP contribution in [-0.4, -0.2) is 49.1 Å². The maximum atomic E-state index is 12.1. The lowest BCUT2D eigenvalue weighted by atomic mass is 10.3. The summed E-state index contributed by atoms with van der Waals surface area (Å²) in [5, 5.41) is 2.67. The summed E-state index contributed by atoms with van der Waals surface area (Å²) in [6, 6.07) is 7.05. The monoisotopic (exact) mass is 292 g/mol. The van der Waals surface area contributed by atoms with Crippen molar-refractivity contribution in [1.82, 2.24) is 4.90 Å². The number of carbonyl (C=O) groups is 2. The summed E-state index contributed by atoms with van der Waals surface area (Å²) in [5.41, 5.74) is 0.563. The van der Waals surface area contributed by atoms with Crippen LogP contribution in [0, 0.1) is 0 Å². The van der Waals surface area contributed by atoms with Gasteiger partial charge in [0.25, 0.3) is 5.91 Å². The quantitative estimate of drug-likeness (QED) is 0.907. The molecule has 0 bridgehead atoms. The highest BCUT2D eigenvalue weighted by atomic mass is 16.5. The Balaban J connectivity index is 1.93. The highest BCUT2D eigenvalue weighted by Gasteiger charge is 2.21. The van der Waals surface area contributed by atoms with E-state index in [2.05, 4.69) is 5.32 Å². The van der Waals surface area contributed by atoms with E-state index in [1.807, 2.05) is 6.92 Å². The Bertz CT molecular complexity index is 518. The molecule has 0 aliphatic carbocycles. The van der Waals surface area contributed by atoms with E-state index in [1.54, 1.807) is 29.2 Å². The van der Waals surface area contributed by atoms with E-state index in [-0.39, 0.29) is 24.5 Å². The Morgan fingerprint density at radius 1 is 1.43 bits per heavy atom. The molecule has 1 aromatic rings. The van der Waals surface area contributed by atoms with Crippen LogP contribution in [0.3, 0.4) is 0 Å². The lowest BCUT2D eigenvalue weighted by Gasteiger charge is -2.31. The van der Waals surface area contributed by atoms with Gasteiger partial charge in [0.1, 0.15) is 5.75 Å². The average Bonchev–Trinajstić information content (AvgIpc) is 2.45. The van der Waals surface area contributed by atoms with Crippen molar-refractivity contribution in [1.29, 1.82) is 0 Å². The largest absolute Gasteiger partial charge is 0.482 e. The first-order chi connectivity index (χ1) is 10.1. The van der Waals surface area contributed by atoms with Crippen LogP contribution in [0.4, 0.5) is 5.69 Å². The zero-order chi connectivity index (χ0) is 15.2. The number of nitrogens with zero attached hydrogens (tertiary/aromatic N) is 1. The molecule has 1 heterocycles. The fraction of sp³-hybridized carbons (Fsp3) is 0.467. The van der Waals surface area contributed by atoms with Gasteiger partial charge in [0.15, 0.2) is 6.61 Å². The molecule has 1 aliphatic heterocycles. The SMILES string of the molecule is CC(=O)Nc1ccccc1OCC(=O)N1CCO[C@@H](C)C1. The second-order valence-corrected chi connectivity index (χ2v) is 4.99. The highest BCUT2D eigenvalue weighted by molar-refractivity contribution is 5.90. The molecule has 0 radical (unpaired) electrons. The molecule has 114 valence electrons. The molecule has 0 aromatic heterocycles. The van der Waals surface area contributed by atoms with Crippen molar-refractivity contribution >= 4 is 17.5 Å². The van der Waals surface area contributed by atoms with E-state index in [0.717, 1.165) is 0 Å². The molecule has 2 amide bonds. The van der Waals surface area contributed by atoms with Gasteiger partial charge in [-0.25, -0.2) is 0 Å². The Hall–Kier alpha value is -2.08. The fourth-order valence-electron chi connectivity index (χ4n) is 2.16. The van der Waals surface area contributed by atoms with Crippen LogP contribution in [0.25, 0.3) is 0 Å². The molecular weight excluding hydrogens is 272 g/mol. The molecular formula is C15H20N2O4. The summed E-state index contributed by atoms with van der Waals surface area (Å²) in [6.45, 7) is 5.03. The minimum absolute atomic E-state index is 0.0503. The van der Waals surface area contributed by atoms with E-state index in [0.29, 0.717) is 31.1 Å². The summed E-state index contributed by atoms with van der Waals surface area (Å²) in [6.07, 6.45) is 0.0503. The summed E-state index contributed by atoms with van der Waals surface area (Å²) >= 11 is 0. The number of para-hydroxylation sites is 2. The van der Waals surface area contributed by atoms with Gasteiger partial charge in [-0.3, -0.25) is 9.59 Å². The summed E-state index contributed by atoms with van der Waals surface area (Å²) in [5.74, 6) is 0.226. The van der Waals surface area contributed by atoms with Gasteiger partial charge in [-0.2, -0.15) is 0 Å². The molecule has 0 saturated carbocycles. The van der Waals surface area contributed by atoms with Crippen molar-refractivity contribution in [2.24, 2.45) is 0 Å².